The number of rotatable bonds is 4. The normalized spacial score (nSPS) is 15.8. The fourth-order valence-electron chi connectivity index (χ4n) is 3.10. The summed E-state index contributed by atoms with van der Waals surface area (Å²) in [5, 5.41) is 11.1. The average Bonchev–Trinajstić information content (AvgIpc) is 3.01. The van der Waals surface area contributed by atoms with Gasteiger partial charge in [-0.3, -0.25) is 9.89 Å². The highest BCUT2D eigenvalue weighted by molar-refractivity contribution is 6.06. The third kappa shape index (κ3) is 3.42. The Morgan fingerprint density at radius 1 is 1.41 bits per heavy atom. The van der Waals surface area contributed by atoms with Crippen LogP contribution in [0.3, 0.4) is 0 Å². The Kier molecular flexibility index (Phi) is 5.80. The van der Waals surface area contributed by atoms with E-state index in [9.17, 15) is 4.79 Å². The van der Waals surface area contributed by atoms with Crippen molar-refractivity contribution in [2.24, 2.45) is 5.92 Å². The minimum Gasteiger partial charge on any atom is -0.339 e. The van der Waals surface area contributed by atoms with Crippen molar-refractivity contribution < 1.29 is 4.79 Å². The van der Waals surface area contributed by atoms with Crippen LogP contribution in [0.25, 0.3) is 10.9 Å². The van der Waals surface area contributed by atoms with Gasteiger partial charge in [0, 0.05) is 18.5 Å². The summed E-state index contributed by atoms with van der Waals surface area (Å²) in [4.78, 5) is 14.7. The molecule has 0 unspecified atom stereocenters. The van der Waals surface area contributed by atoms with Gasteiger partial charge in [0.15, 0.2) is 0 Å². The molecule has 2 aromatic rings. The molecule has 5 nitrogen and oxygen atoms in total. The lowest BCUT2D eigenvalue weighted by Crippen LogP contribution is -2.39. The maximum atomic E-state index is 12.7. The van der Waals surface area contributed by atoms with Crippen LogP contribution in [0.2, 0.25) is 0 Å². The molecule has 2 heterocycles. The summed E-state index contributed by atoms with van der Waals surface area (Å²) in [6.45, 7) is 2.79. The fraction of sp³-hybridized carbons (Fsp3) is 0.500. The van der Waals surface area contributed by atoms with Gasteiger partial charge in [0.1, 0.15) is 0 Å². The molecule has 1 aliphatic rings. The number of carbonyl (C=O) groups excluding carboxylic acids is 1. The minimum atomic E-state index is 0. The van der Waals surface area contributed by atoms with E-state index in [0.29, 0.717) is 0 Å². The van der Waals surface area contributed by atoms with E-state index in [0.717, 1.165) is 54.9 Å². The monoisotopic (exact) mass is 322 g/mol. The van der Waals surface area contributed by atoms with Gasteiger partial charge in [0.2, 0.25) is 0 Å². The van der Waals surface area contributed by atoms with Gasteiger partial charge in [-0.15, -0.1) is 12.4 Å². The molecule has 1 fully saturated rings. The Labute approximate surface area is 136 Å². The summed E-state index contributed by atoms with van der Waals surface area (Å²) < 4.78 is 0. The number of fused-ring (bicyclic) bond motifs is 1. The maximum Gasteiger partial charge on any atom is 0.254 e. The zero-order valence-electron chi connectivity index (χ0n) is 12.8. The van der Waals surface area contributed by atoms with Gasteiger partial charge in [0.05, 0.1) is 17.3 Å². The Morgan fingerprint density at radius 3 is 2.91 bits per heavy atom. The molecule has 0 saturated carbocycles. The molecule has 120 valence electrons. The first-order valence-corrected chi connectivity index (χ1v) is 7.65. The minimum absolute atomic E-state index is 0. The molecule has 1 amide bonds. The molecule has 22 heavy (non-hydrogen) atoms. The number of piperidine rings is 1. The van der Waals surface area contributed by atoms with Gasteiger partial charge in [-0.1, -0.05) is 6.07 Å². The molecule has 0 atom stereocenters. The molecular formula is C16H23ClN4O. The highest BCUT2D eigenvalue weighted by Crippen LogP contribution is 2.23. The van der Waals surface area contributed by atoms with Crippen molar-refractivity contribution >= 4 is 29.2 Å². The maximum absolute atomic E-state index is 12.7. The molecule has 6 heteroatoms. The van der Waals surface area contributed by atoms with Crippen LogP contribution in [-0.4, -0.2) is 47.7 Å². The molecule has 1 saturated heterocycles. The van der Waals surface area contributed by atoms with Crippen LogP contribution in [0.15, 0.2) is 24.4 Å². The fourth-order valence-corrected chi connectivity index (χ4v) is 3.10. The molecule has 0 radical (unpaired) electrons. The first-order chi connectivity index (χ1) is 10.3. The van der Waals surface area contributed by atoms with Crippen molar-refractivity contribution in [3.8, 4) is 0 Å². The third-order valence-electron chi connectivity index (χ3n) is 4.42. The van der Waals surface area contributed by atoms with Crippen LogP contribution in [0, 0.1) is 5.92 Å². The number of benzene rings is 1. The van der Waals surface area contributed by atoms with Gasteiger partial charge in [-0.25, -0.2) is 0 Å². The van der Waals surface area contributed by atoms with Crippen LogP contribution in [0.4, 0.5) is 0 Å². The van der Waals surface area contributed by atoms with Crippen molar-refractivity contribution in [2.75, 3.05) is 26.7 Å². The molecule has 0 bridgehead atoms. The van der Waals surface area contributed by atoms with E-state index in [1.165, 1.54) is 6.42 Å². The number of nitrogens with zero attached hydrogens (tertiary/aromatic N) is 2. The molecule has 1 aliphatic heterocycles. The van der Waals surface area contributed by atoms with Gasteiger partial charge >= 0.3 is 0 Å². The van der Waals surface area contributed by atoms with Crippen LogP contribution in [-0.2, 0) is 0 Å². The largest absolute Gasteiger partial charge is 0.339 e. The van der Waals surface area contributed by atoms with Crippen LogP contribution in [0.5, 0.6) is 0 Å². The van der Waals surface area contributed by atoms with Crippen molar-refractivity contribution in [2.45, 2.75) is 19.3 Å². The molecule has 0 aliphatic carbocycles. The standard InChI is InChI=1S/C16H22N4O.ClH/c1-17-8-5-12-6-9-20(10-7-12)16(21)13-3-2-4-15-14(13)11-18-19-15;/h2-4,11-12,17H,5-10H2,1H3,(H,18,19);1H. The molecular weight excluding hydrogens is 300 g/mol. The number of aromatic nitrogens is 2. The number of carbonyl (C=O) groups is 1. The zero-order valence-corrected chi connectivity index (χ0v) is 13.7. The Hall–Kier alpha value is -1.59. The lowest BCUT2D eigenvalue weighted by atomic mass is 9.93. The first kappa shape index (κ1) is 16.8. The predicted octanol–water partition coefficient (Wildman–Crippen LogP) is 2.45. The number of hydrogen-bond donors (Lipinski definition) is 2. The van der Waals surface area contributed by atoms with Crippen molar-refractivity contribution in [3.63, 3.8) is 0 Å². The lowest BCUT2D eigenvalue weighted by Gasteiger charge is -2.32. The van der Waals surface area contributed by atoms with Crippen LogP contribution < -0.4 is 5.32 Å². The Morgan fingerprint density at radius 2 is 2.18 bits per heavy atom. The second-order valence-electron chi connectivity index (χ2n) is 5.76. The second kappa shape index (κ2) is 7.61. The van der Waals surface area contributed by atoms with Crippen molar-refractivity contribution in [1.82, 2.24) is 20.4 Å². The number of nitrogens with one attached hydrogen (secondary N) is 2. The van der Waals surface area contributed by atoms with Crippen LogP contribution >= 0.6 is 12.4 Å². The average molecular weight is 323 g/mol. The highest BCUT2D eigenvalue weighted by Gasteiger charge is 2.24. The summed E-state index contributed by atoms with van der Waals surface area (Å²) in [7, 11) is 1.99. The SMILES string of the molecule is CNCCC1CCN(C(=O)c2cccc3[nH]ncc23)CC1.Cl. The van der Waals surface area contributed by atoms with E-state index in [1.807, 2.05) is 30.1 Å². The first-order valence-electron chi connectivity index (χ1n) is 7.65. The molecule has 1 aromatic heterocycles. The number of aromatic amines is 1. The van der Waals surface area contributed by atoms with E-state index in [4.69, 9.17) is 0 Å². The third-order valence-corrected chi connectivity index (χ3v) is 4.42. The van der Waals surface area contributed by atoms with Crippen LogP contribution in [0.1, 0.15) is 29.6 Å². The summed E-state index contributed by atoms with van der Waals surface area (Å²) in [5.41, 5.74) is 1.68. The number of hydrogen-bond acceptors (Lipinski definition) is 3. The summed E-state index contributed by atoms with van der Waals surface area (Å²) in [6, 6.07) is 5.75. The topological polar surface area (TPSA) is 61.0 Å². The molecule has 3 rings (SSSR count). The van der Waals surface area contributed by atoms with Gasteiger partial charge in [-0.2, -0.15) is 5.10 Å². The van der Waals surface area contributed by atoms with E-state index in [1.54, 1.807) is 6.20 Å². The Balaban J connectivity index is 0.00000176. The molecule has 0 spiro atoms. The van der Waals surface area contributed by atoms with Gasteiger partial charge in [0.25, 0.3) is 5.91 Å². The molecule has 2 N–H and O–H groups in total. The number of H-pyrrole nitrogens is 1. The van der Waals surface area contributed by atoms with Crippen molar-refractivity contribution in [1.29, 1.82) is 0 Å². The summed E-state index contributed by atoms with van der Waals surface area (Å²) in [5.74, 6) is 0.875. The van der Waals surface area contributed by atoms with Crippen molar-refractivity contribution in [3.05, 3.63) is 30.0 Å². The predicted molar refractivity (Wildman–Crippen MR) is 90.5 cm³/mol. The number of amides is 1. The smallest absolute Gasteiger partial charge is 0.254 e. The van der Waals surface area contributed by atoms with Gasteiger partial charge < -0.3 is 10.2 Å². The zero-order chi connectivity index (χ0) is 14.7. The van der Waals surface area contributed by atoms with E-state index in [2.05, 4.69) is 15.5 Å². The highest BCUT2D eigenvalue weighted by atomic mass is 35.5. The second-order valence-corrected chi connectivity index (χ2v) is 5.76. The Bertz CT molecular complexity index is 619. The van der Waals surface area contributed by atoms with E-state index in [-0.39, 0.29) is 18.3 Å². The van der Waals surface area contributed by atoms with Gasteiger partial charge in [-0.05, 0) is 50.9 Å². The summed E-state index contributed by atoms with van der Waals surface area (Å²) in [6.07, 6.45) is 5.15. The molecule has 1 aromatic carbocycles. The quantitative estimate of drug-likeness (QED) is 0.909. The van der Waals surface area contributed by atoms with E-state index >= 15 is 0 Å². The number of likely N-dealkylation sites (tertiary alicyclic amines) is 1. The number of halogens is 1. The van der Waals surface area contributed by atoms with E-state index < -0.39 is 0 Å². The lowest BCUT2D eigenvalue weighted by molar-refractivity contribution is 0.0689. The summed E-state index contributed by atoms with van der Waals surface area (Å²) >= 11 is 0.